The molecule has 1 atom stereocenters. The molecule has 0 radical (unpaired) electrons. The van der Waals surface area contributed by atoms with Crippen LogP contribution in [0.4, 0.5) is 5.69 Å². The minimum atomic E-state index is -0.223. The number of hydrogen-bond donors (Lipinski definition) is 1. The van der Waals surface area contributed by atoms with Gasteiger partial charge in [0.1, 0.15) is 12.0 Å². The number of hydrogen-bond acceptors (Lipinski definition) is 4. The number of nitrogens with one attached hydrogen (secondary N) is 1. The van der Waals surface area contributed by atoms with Crippen LogP contribution in [0.1, 0.15) is 23.2 Å². The van der Waals surface area contributed by atoms with Crippen LogP contribution in [-0.4, -0.2) is 29.8 Å². The lowest BCUT2D eigenvalue weighted by Crippen LogP contribution is -2.43. The van der Waals surface area contributed by atoms with Crippen LogP contribution in [0, 0.1) is 5.92 Å². The Morgan fingerprint density at radius 1 is 1.07 bits per heavy atom. The molecule has 138 valence electrons. The molecule has 27 heavy (non-hydrogen) atoms. The SMILES string of the molecule is O=C(Nc1ccc(-c2ccco2)cc1)C1CCCN(C(=O)c2ccoc2)C1. The van der Waals surface area contributed by atoms with Gasteiger partial charge in [0.2, 0.25) is 5.91 Å². The van der Waals surface area contributed by atoms with Crippen LogP contribution >= 0.6 is 0 Å². The van der Waals surface area contributed by atoms with Crippen molar-refractivity contribution in [2.24, 2.45) is 5.92 Å². The second-order valence-electron chi connectivity index (χ2n) is 6.65. The molecule has 3 aromatic rings. The van der Waals surface area contributed by atoms with E-state index in [9.17, 15) is 9.59 Å². The van der Waals surface area contributed by atoms with Gasteiger partial charge in [0.15, 0.2) is 0 Å². The quantitative estimate of drug-likeness (QED) is 0.758. The van der Waals surface area contributed by atoms with Crippen molar-refractivity contribution >= 4 is 17.5 Å². The first kappa shape index (κ1) is 17.1. The van der Waals surface area contributed by atoms with Gasteiger partial charge in [-0.15, -0.1) is 0 Å². The van der Waals surface area contributed by atoms with E-state index in [1.54, 1.807) is 17.2 Å². The third-order valence-electron chi connectivity index (χ3n) is 4.81. The summed E-state index contributed by atoms with van der Waals surface area (Å²) in [4.78, 5) is 26.8. The lowest BCUT2D eigenvalue weighted by atomic mass is 9.96. The van der Waals surface area contributed by atoms with E-state index in [2.05, 4.69) is 5.32 Å². The molecule has 4 rings (SSSR count). The number of carbonyl (C=O) groups excluding carboxylic acids is 2. The second kappa shape index (κ2) is 7.53. The fraction of sp³-hybridized carbons (Fsp3) is 0.238. The molecule has 1 N–H and O–H groups in total. The average Bonchev–Trinajstić information content (AvgIpc) is 3.42. The summed E-state index contributed by atoms with van der Waals surface area (Å²) in [5.74, 6) is 0.405. The van der Waals surface area contributed by atoms with Crippen LogP contribution < -0.4 is 5.32 Å². The number of carbonyl (C=O) groups is 2. The van der Waals surface area contributed by atoms with Crippen LogP contribution in [0.25, 0.3) is 11.3 Å². The van der Waals surface area contributed by atoms with Crippen molar-refractivity contribution in [3.05, 3.63) is 66.8 Å². The zero-order chi connectivity index (χ0) is 18.6. The van der Waals surface area contributed by atoms with Crippen molar-refractivity contribution in [2.45, 2.75) is 12.8 Å². The summed E-state index contributed by atoms with van der Waals surface area (Å²) in [6.07, 6.45) is 6.12. The van der Waals surface area contributed by atoms with Crippen molar-refractivity contribution in [3.8, 4) is 11.3 Å². The predicted octanol–water partition coefficient (Wildman–Crippen LogP) is 4.03. The largest absolute Gasteiger partial charge is 0.472 e. The molecule has 0 spiro atoms. The highest BCUT2D eigenvalue weighted by Gasteiger charge is 2.29. The van der Waals surface area contributed by atoms with Gasteiger partial charge in [0.05, 0.1) is 24.0 Å². The predicted molar refractivity (Wildman–Crippen MR) is 100 cm³/mol. The Bertz CT molecular complexity index is 898. The van der Waals surface area contributed by atoms with Gasteiger partial charge in [-0.2, -0.15) is 0 Å². The molecule has 0 bridgehead atoms. The molecular weight excluding hydrogens is 344 g/mol. The Balaban J connectivity index is 1.38. The molecule has 0 aliphatic carbocycles. The first-order chi connectivity index (χ1) is 13.2. The van der Waals surface area contributed by atoms with E-state index < -0.39 is 0 Å². The lowest BCUT2D eigenvalue weighted by molar-refractivity contribution is -0.121. The van der Waals surface area contributed by atoms with E-state index in [1.165, 1.54) is 12.5 Å². The normalized spacial score (nSPS) is 16.9. The van der Waals surface area contributed by atoms with Gasteiger partial charge in [-0.3, -0.25) is 9.59 Å². The molecule has 1 fully saturated rings. The summed E-state index contributed by atoms with van der Waals surface area (Å²) < 4.78 is 10.4. The van der Waals surface area contributed by atoms with Crippen molar-refractivity contribution in [1.29, 1.82) is 0 Å². The molecule has 1 saturated heterocycles. The van der Waals surface area contributed by atoms with Crippen LogP contribution in [-0.2, 0) is 4.79 Å². The van der Waals surface area contributed by atoms with E-state index in [0.29, 0.717) is 18.7 Å². The summed E-state index contributed by atoms with van der Waals surface area (Å²) in [5, 5.41) is 2.95. The second-order valence-corrected chi connectivity index (χ2v) is 6.65. The third kappa shape index (κ3) is 3.79. The molecule has 2 amide bonds. The summed E-state index contributed by atoms with van der Waals surface area (Å²) in [6, 6.07) is 12.9. The topological polar surface area (TPSA) is 75.7 Å². The van der Waals surface area contributed by atoms with Gasteiger partial charge in [-0.25, -0.2) is 0 Å². The average molecular weight is 364 g/mol. The highest BCUT2D eigenvalue weighted by Crippen LogP contribution is 2.24. The Labute approximate surface area is 156 Å². The lowest BCUT2D eigenvalue weighted by Gasteiger charge is -2.31. The summed E-state index contributed by atoms with van der Waals surface area (Å²) >= 11 is 0. The molecule has 3 heterocycles. The first-order valence-electron chi connectivity index (χ1n) is 8.97. The number of furan rings is 2. The van der Waals surface area contributed by atoms with Crippen LogP contribution in [0.15, 0.2) is 70.1 Å². The monoisotopic (exact) mass is 364 g/mol. The third-order valence-corrected chi connectivity index (χ3v) is 4.81. The zero-order valence-corrected chi connectivity index (χ0v) is 14.8. The van der Waals surface area contributed by atoms with Gasteiger partial charge in [0, 0.05) is 24.3 Å². The van der Waals surface area contributed by atoms with Crippen LogP contribution in [0.2, 0.25) is 0 Å². The molecule has 1 unspecified atom stereocenters. The van der Waals surface area contributed by atoms with Gasteiger partial charge in [-0.1, -0.05) is 0 Å². The van der Waals surface area contributed by atoms with Gasteiger partial charge >= 0.3 is 0 Å². The summed E-state index contributed by atoms with van der Waals surface area (Å²) in [5.41, 5.74) is 2.20. The summed E-state index contributed by atoms with van der Waals surface area (Å²) in [7, 11) is 0. The molecule has 6 nitrogen and oxygen atoms in total. The van der Waals surface area contributed by atoms with E-state index in [1.807, 2.05) is 36.4 Å². The van der Waals surface area contributed by atoms with E-state index in [4.69, 9.17) is 8.83 Å². The smallest absolute Gasteiger partial charge is 0.257 e. The molecular formula is C21H20N2O4. The molecule has 1 aliphatic rings. The Morgan fingerprint density at radius 2 is 1.93 bits per heavy atom. The van der Waals surface area contributed by atoms with Crippen molar-refractivity contribution in [1.82, 2.24) is 4.90 Å². The Morgan fingerprint density at radius 3 is 2.63 bits per heavy atom. The molecule has 6 heteroatoms. The number of benzene rings is 1. The first-order valence-corrected chi connectivity index (χ1v) is 8.97. The zero-order valence-electron chi connectivity index (χ0n) is 14.8. The maximum absolute atomic E-state index is 12.6. The van der Waals surface area contributed by atoms with Crippen LogP contribution in [0.3, 0.4) is 0 Å². The van der Waals surface area contributed by atoms with E-state index in [0.717, 1.165) is 29.9 Å². The standard InChI is InChI=1S/C21H20N2O4/c24-20(22-18-7-5-15(6-8-18)19-4-2-11-27-19)16-3-1-10-23(13-16)21(25)17-9-12-26-14-17/h2,4-9,11-12,14,16H,1,3,10,13H2,(H,22,24). The molecule has 0 saturated carbocycles. The van der Waals surface area contributed by atoms with E-state index in [-0.39, 0.29) is 17.7 Å². The Hall–Kier alpha value is -3.28. The highest BCUT2D eigenvalue weighted by atomic mass is 16.3. The van der Waals surface area contributed by atoms with Gasteiger partial charge in [0.25, 0.3) is 5.91 Å². The number of piperidine rings is 1. The number of amides is 2. The number of nitrogens with zero attached hydrogens (tertiary/aromatic N) is 1. The summed E-state index contributed by atoms with van der Waals surface area (Å²) in [6.45, 7) is 1.08. The minimum Gasteiger partial charge on any atom is -0.472 e. The number of likely N-dealkylation sites (tertiary alicyclic amines) is 1. The minimum absolute atomic E-state index is 0.0644. The fourth-order valence-corrected chi connectivity index (χ4v) is 3.35. The highest BCUT2D eigenvalue weighted by molar-refractivity contribution is 5.96. The molecule has 1 aromatic carbocycles. The Kier molecular flexibility index (Phi) is 4.78. The number of rotatable bonds is 4. The van der Waals surface area contributed by atoms with Gasteiger partial charge in [-0.05, 0) is 55.3 Å². The van der Waals surface area contributed by atoms with Crippen molar-refractivity contribution < 1.29 is 18.4 Å². The van der Waals surface area contributed by atoms with Crippen molar-refractivity contribution in [3.63, 3.8) is 0 Å². The van der Waals surface area contributed by atoms with Gasteiger partial charge < -0.3 is 19.1 Å². The fourth-order valence-electron chi connectivity index (χ4n) is 3.35. The maximum Gasteiger partial charge on any atom is 0.257 e. The van der Waals surface area contributed by atoms with Crippen molar-refractivity contribution in [2.75, 3.05) is 18.4 Å². The number of anilines is 1. The maximum atomic E-state index is 12.6. The molecule has 1 aliphatic heterocycles. The van der Waals surface area contributed by atoms with Crippen LogP contribution in [0.5, 0.6) is 0 Å². The molecule has 2 aromatic heterocycles. The van der Waals surface area contributed by atoms with E-state index >= 15 is 0 Å².